The molecule has 0 bridgehead atoms. The van der Waals surface area contributed by atoms with Crippen LogP contribution in [0.15, 0.2) is 79.0 Å². The number of carbonyl (C=O) groups is 5. The quantitative estimate of drug-likeness (QED) is 0.275. The predicted octanol–water partition coefficient (Wildman–Crippen LogP) is 2.70. The Balaban J connectivity index is 1.26. The molecule has 5 atom stereocenters. The van der Waals surface area contributed by atoms with E-state index < -0.39 is 60.2 Å². The largest absolute Gasteiger partial charge is 0.445 e. The van der Waals surface area contributed by atoms with Crippen LogP contribution in [0.4, 0.5) is 4.79 Å². The molecule has 48 heavy (non-hydrogen) atoms. The van der Waals surface area contributed by atoms with Crippen molar-refractivity contribution >= 4 is 40.6 Å². The van der Waals surface area contributed by atoms with Gasteiger partial charge in [0.05, 0.1) is 19.0 Å². The number of aromatic nitrogens is 1. The molecule has 2 fully saturated rings. The topological polar surface area (TPSA) is 156 Å². The summed E-state index contributed by atoms with van der Waals surface area (Å²) in [6.45, 7) is 1.96. The summed E-state index contributed by atoms with van der Waals surface area (Å²) in [5.74, 6) is -2.12. The first kappa shape index (κ1) is 32.6. The van der Waals surface area contributed by atoms with Gasteiger partial charge in [-0.25, -0.2) is 4.79 Å². The Labute approximate surface area is 277 Å². The van der Waals surface area contributed by atoms with Gasteiger partial charge in [-0.05, 0) is 36.8 Å². The highest BCUT2D eigenvalue weighted by atomic mass is 16.7. The summed E-state index contributed by atoms with van der Waals surface area (Å²) < 4.78 is 16.3. The molecule has 3 aromatic rings. The molecule has 0 spiro atoms. The van der Waals surface area contributed by atoms with Gasteiger partial charge in [0.1, 0.15) is 30.4 Å². The molecule has 6 rings (SSSR count). The summed E-state index contributed by atoms with van der Waals surface area (Å²) in [4.78, 5) is 74.6. The van der Waals surface area contributed by atoms with E-state index in [1.165, 1.54) is 16.0 Å². The Morgan fingerprint density at radius 3 is 2.54 bits per heavy atom. The van der Waals surface area contributed by atoms with Crippen LogP contribution in [0.3, 0.4) is 0 Å². The van der Waals surface area contributed by atoms with Crippen molar-refractivity contribution in [1.82, 2.24) is 25.4 Å². The molecule has 0 radical (unpaired) electrons. The molecule has 3 aliphatic heterocycles. The predicted molar refractivity (Wildman–Crippen MR) is 172 cm³/mol. The second-order valence-corrected chi connectivity index (χ2v) is 11.8. The zero-order valence-electron chi connectivity index (χ0n) is 26.4. The SMILES string of the molecule is CCOC1OC(=O)CC1NC(=O)[C@@H]1CN(C(=O)OCc2ccccc2)C[C@@H]2C/C=C\C[C@H](NC(=O)c3nccc4ccccc34)C(=O)N21. The van der Waals surface area contributed by atoms with E-state index >= 15 is 0 Å². The highest BCUT2D eigenvalue weighted by Gasteiger charge is 2.47. The normalized spacial score (nSPS) is 24.6. The maximum Gasteiger partial charge on any atom is 0.410 e. The monoisotopic (exact) mass is 655 g/mol. The second-order valence-electron chi connectivity index (χ2n) is 11.8. The van der Waals surface area contributed by atoms with Crippen molar-refractivity contribution in [3.05, 3.63) is 90.3 Å². The number of pyridine rings is 1. The number of piperazine rings is 1. The van der Waals surface area contributed by atoms with Gasteiger partial charge in [0.2, 0.25) is 18.1 Å². The van der Waals surface area contributed by atoms with Gasteiger partial charge in [-0.2, -0.15) is 0 Å². The smallest absolute Gasteiger partial charge is 0.410 e. The van der Waals surface area contributed by atoms with Gasteiger partial charge in [-0.3, -0.25) is 24.2 Å². The molecule has 0 aliphatic carbocycles. The fraction of sp³-hybridized carbons (Fsp3) is 0.371. The zero-order chi connectivity index (χ0) is 33.6. The minimum absolute atomic E-state index is 0.0358. The van der Waals surface area contributed by atoms with Gasteiger partial charge in [-0.1, -0.05) is 66.7 Å². The molecular formula is C35H37N5O8. The molecule has 2 saturated heterocycles. The van der Waals surface area contributed by atoms with Crippen molar-refractivity contribution in [2.45, 2.75) is 63.3 Å². The van der Waals surface area contributed by atoms with Crippen LogP contribution in [-0.4, -0.2) is 94.7 Å². The summed E-state index contributed by atoms with van der Waals surface area (Å²) in [6, 6.07) is 14.8. The molecule has 2 unspecified atom stereocenters. The van der Waals surface area contributed by atoms with Crippen LogP contribution in [0.2, 0.25) is 0 Å². The van der Waals surface area contributed by atoms with Crippen LogP contribution in [0.5, 0.6) is 0 Å². The second kappa shape index (κ2) is 14.6. The van der Waals surface area contributed by atoms with Gasteiger partial charge in [-0.15, -0.1) is 0 Å². The van der Waals surface area contributed by atoms with Gasteiger partial charge >= 0.3 is 12.1 Å². The van der Waals surface area contributed by atoms with Gasteiger partial charge in [0.15, 0.2) is 0 Å². The molecule has 3 aliphatic rings. The van der Waals surface area contributed by atoms with Crippen LogP contribution >= 0.6 is 0 Å². The summed E-state index contributed by atoms with van der Waals surface area (Å²) >= 11 is 0. The molecule has 2 N–H and O–H groups in total. The number of carbonyl (C=O) groups excluding carboxylic acids is 5. The van der Waals surface area contributed by atoms with Crippen molar-refractivity contribution in [1.29, 1.82) is 0 Å². The van der Waals surface area contributed by atoms with Crippen LogP contribution in [-0.2, 0) is 35.2 Å². The molecule has 250 valence electrons. The van der Waals surface area contributed by atoms with Crippen molar-refractivity contribution in [2.24, 2.45) is 0 Å². The van der Waals surface area contributed by atoms with Gasteiger partial charge < -0.3 is 34.6 Å². The van der Waals surface area contributed by atoms with E-state index in [2.05, 4.69) is 15.6 Å². The number of cyclic esters (lactones) is 1. The molecule has 4 amide bonds. The summed E-state index contributed by atoms with van der Waals surface area (Å²) in [5, 5.41) is 7.14. The van der Waals surface area contributed by atoms with Gasteiger partial charge in [0.25, 0.3) is 5.91 Å². The molecule has 2 aromatic carbocycles. The van der Waals surface area contributed by atoms with E-state index in [-0.39, 0.29) is 44.8 Å². The minimum atomic E-state index is -1.17. The lowest BCUT2D eigenvalue weighted by molar-refractivity contribution is -0.165. The first-order valence-electron chi connectivity index (χ1n) is 16.0. The lowest BCUT2D eigenvalue weighted by Crippen LogP contribution is -2.68. The van der Waals surface area contributed by atoms with Gasteiger partial charge in [0, 0.05) is 24.7 Å². The Hall–Kier alpha value is -5.30. The highest BCUT2D eigenvalue weighted by Crippen LogP contribution is 2.26. The number of nitrogens with zero attached hydrogens (tertiary/aromatic N) is 3. The van der Waals surface area contributed by atoms with Crippen LogP contribution < -0.4 is 10.6 Å². The molecule has 13 heteroatoms. The summed E-state index contributed by atoms with van der Waals surface area (Å²) in [7, 11) is 0. The fourth-order valence-corrected chi connectivity index (χ4v) is 6.32. The first-order chi connectivity index (χ1) is 23.3. The van der Waals surface area contributed by atoms with Crippen LogP contribution in [0.25, 0.3) is 10.8 Å². The van der Waals surface area contributed by atoms with Crippen molar-refractivity contribution < 1.29 is 38.2 Å². The number of benzene rings is 2. The lowest BCUT2D eigenvalue weighted by atomic mass is 9.96. The maximum atomic E-state index is 14.4. The molecule has 1 aromatic heterocycles. The third-order valence-electron chi connectivity index (χ3n) is 8.63. The number of amides is 4. The number of fused-ring (bicyclic) bond motifs is 2. The number of nitrogens with one attached hydrogen (secondary N) is 2. The summed E-state index contributed by atoms with van der Waals surface area (Å²) in [5.41, 5.74) is 0.978. The molecular weight excluding hydrogens is 618 g/mol. The number of hydrogen-bond acceptors (Lipinski definition) is 9. The number of ether oxygens (including phenoxy) is 3. The zero-order valence-corrected chi connectivity index (χ0v) is 26.4. The average Bonchev–Trinajstić information content (AvgIpc) is 3.44. The summed E-state index contributed by atoms with van der Waals surface area (Å²) in [6.07, 6.45) is 4.05. The third-order valence-corrected chi connectivity index (χ3v) is 8.63. The van der Waals surface area contributed by atoms with E-state index in [4.69, 9.17) is 14.2 Å². The van der Waals surface area contributed by atoms with Crippen LogP contribution in [0.1, 0.15) is 42.2 Å². The third kappa shape index (κ3) is 7.15. The Morgan fingerprint density at radius 1 is 0.958 bits per heavy atom. The average molecular weight is 656 g/mol. The van der Waals surface area contributed by atoms with E-state index in [1.54, 1.807) is 19.1 Å². The first-order valence-corrected chi connectivity index (χ1v) is 16.0. The van der Waals surface area contributed by atoms with Crippen LogP contribution in [0, 0.1) is 0 Å². The molecule has 4 heterocycles. The standard InChI is InChI=1S/C35H37N5O8/c1-2-46-34-27(18-29(41)48-34)38-31(42)28-20-39(35(45)47-21-22-10-4-3-5-11-22)19-24-13-7-9-15-26(33(44)40(24)28)37-32(43)30-25-14-8-6-12-23(25)16-17-36-30/h3-12,14,16-17,24,26-28,34H,2,13,15,18-21H2,1H3,(H,37,43)(H,38,42)/b9-7-/t24-,26-,27?,28-,34?/m0/s1. The maximum absolute atomic E-state index is 14.4. The number of rotatable bonds is 8. The van der Waals surface area contributed by atoms with E-state index in [1.807, 2.05) is 60.7 Å². The van der Waals surface area contributed by atoms with Crippen molar-refractivity contribution in [3.63, 3.8) is 0 Å². The van der Waals surface area contributed by atoms with E-state index in [0.717, 1.165) is 10.9 Å². The van der Waals surface area contributed by atoms with Crippen molar-refractivity contribution in [2.75, 3.05) is 19.7 Å². The Morgan fingerprint density at radius 2 is 1.73 bits per heavy atom. The minimum Gasteiger partial charge on any atom is -0.445 e. The van der Waals surface area contributed by atoms with E-state index in [9.17, 15) is 24.0 Å². The highest BCUT2D eigenvalue weighted by molar-refractivity contribution is 6.06. The molecule has 0 saturated carbocycles. The number of esters is 1. The fourth-order valence-electron chi connectivity index (χ4n) is 6.32. The Bertz CT molecular complexity index is 1710. The lowest BCUT2D eigenvalue weighted by Gasteiger charge is -2.47. The number of hydrogen-bond donors (Lipinski definition) is 2. The molecule has 13 nitrogen and oxygen atoms in total. The van der Waals surface area contributed by atoms with Crippen molar-refractivity contribution in [3.8, 4) is 0 Å². The van der Waals surface area contributed by atoms with E-state index in [0.29, 0.717) is 11.8 Å². The Kier molecular flexibility index (Phi) is 9.95.